The third-order valence-corrected chi connectivity index (χ3v) is 11.2. The Kier molecular flexibility index (Phi) is 6.94. The molecule has 1 aliphatic rings. The van der Waals surface area contributed by atoms with Gasteiger partial charge in [0.15, 0.2) is 6.17 Å². The summed E-state index contributed by atoms with van der Waals surface area (Å²) in [6.07, 6.45) is -0.476. The van der Waals surface area contributed by atoms with Gasteiger partial charge in [-0.15, -0.1) is 0 Å². The van der Waals surface area contributed by atoms with Crippen LogP contribution >= 0.6 is 11.6 Å². The minimum Gasteiger partial charge on any atom is -0.324 e. The van der Waals surface area contributed by atoms with E-state index in [1.807, 2.05) is 12.1 Å². The fourth-order valence-corrected chi connectivity index (χ4v) is 8.72. The summed E-state index contributed by atoms with van der Waals surface area (Å²) in [5, 5.41) is 15.8. The third-order valence-electron chi connectivity index (χ3n) is 10.9. The van der Waals surface area contributed by atoms with E-state index in [2.05, 4.69) is 174 Å². The largest absolute Gasteiger partial charge is 0.324 e. The third kappa shape index (κ3) is 4.77. The summed E-state index contributed by atoms with van der Waals surface area (Å²) < 4.78 is 2.37. The van der Waals surface area contributed by atoms with Crippen molar-refractivity contribution in [2.24, 2.45) is 9.98 Å². The number of aliphatic imine (C=N–C) groups is 2. The molecule has 254 valence electrons. The lowest BCUT2D eigenvalue weighted by molar-refractivity contribution is 0.757. The molecule has 1 atom stereocenters. The number of para-hydroxylation sites is 1. The van der Waals surface area contributed by atoms with Gasteiger partial charge >= 0.3 is 0 Å². The maximum atomic E-state index is 7.25. The molecule has 5 heteroatoms. The molecule has 0 amide bonds. The molecular weight excluding hydrogens is 680 g/mol. The van der Waals surface area contributed by atoms with Crippen LogP contribution in [-0.2, 0) is 0 Å². The molecule has 1 aliphatic heterocycles. The molecule has 9 aromatic carbocycles. The summed E-state index contributed by atoms with van der Waals surface area (Å²) in [6.45, 7) is 0. The van der Waals surface area contributed by atoms with E-state index in [1.165, 1.54) is 16.2 Å². The second-order valence-electron chi connectivity index (χ2n) is 13.9. The highest BCUT2D eigenvalue weighted by atomic mass is 35.5. The zero-order valence-corrected chi connectivity index (χ0v) is 29.8. The van der Waals surface area contributed by atoms with Gasteiger partial charge in [0.25, 0.3) is 0 Å². The van der Waals surface area contributed by atoms with Crippen LogP contribution in [0.4, 0.5) is 0 Å². The van der Waals surface area contributed by atoms with Crippen molar-refractivity contribution in [2.75, 3.05) is 0 Å². The average molecular weight is 711 g/mol. The van der Waals surface area contributed by atoms with Crippen LogP contribution in [0.25, 0.3) is 70.6 Å². The van der Waals surface area contributed by atoms with Crippen molar-refractivity contribution in [3.05, 3.63) is 198 Å². The van der Waals surface area contributed by atoms with E-state index in [-0.39, 0.29) is 0 Å². The standard InChI is InChI=1S/C49H31ClN4/c50-46-36-19-7-5-16-33(36)29-44-45(46)39-22-10-11-23-42(39)54(44)43-24-12-17-30-25-26-34(28-40(30)43)48-51-47(31-13-2-1-3-14-31)52-49(53-48)41-27-32-15-4-6-18-35(32)37-20-8-9-21-38(37)41/h1-29,48H,(H,51,52,53). The molecule has 54 heavy (non-hydrogen) atoms. The van der Waals surface area contributed by atoms with Crippen molar-refractivity contribution in [1.82, 2.24) is 9.88 Å². The number of halogens is 1. The summed E-state index contributed by atoms with van der Waals surface area (Å²) in [4.78, 5) is 10.7. The molecule has 0 fully saturated rings. The first-order valence-electron chi connectivity index (χ1n) is 18.2. The highest BCUT2D eigenvalue weighted by Crippen LogP contribution is 2.42. The van der Waals surface area contributed by atoms with E-state index in [0.29, 0.717) is 0 Å². The molecule has 0 bridgehead atoms. The summed E-state index contributed by atoms with van der Waals surface area (Å²) >= 11 is 7.25. The maximum absolute atomic E-state index is 7.25. The van der Waals surface area contributed by atoms with E-state index in [0.717, 1.165) is 87.8 Å². The quantitative estimate of drug-likeness (QED) is 0.182. The minimum absolute atomic E-state index is 0.476. The zero-order chi connectivity index (χ0) is 35.8. The van der Waals surface area contributed by atoms with Crippen molar-refractivity contribution in [3.8, 4) is 5.69 Å². The SMILES string of the molecule is Clc1c2ccccc2cc2c1c1ccccc1n2-c1cccc2ccc(C3N=C(c4ccccc4)NC(c4cc5ccccc5c5ccccc45)=N3)cc12. The molecule has 1 N–H and O–H groups in total. The highest BCUT2D eigenvalue weighted by Gasteiger charge is 2.24. The van der Waals surface area contributed by atoms with E-state index >= 15 is 0 Å². The fraction of sp³-hybridized carbons (Fsp3) is 0.0204. The monoisotopic (exact) mass is 710 g/mol. The number of hydrogen-bond donors (Lipinski definition) is 1. The smallest absolute Gasteiger partial charge is 0.169 e. The Balaban J connectivity index is 1.14. The van der Waals surface area contributed by atoms with Crippen LogP contribution in [0.5, 0.6) is 0 Å². The molecule has 0 aliphatic carbocycles. The Labute approximate surface area is 316 Å². The Morgan fingerprint density at radius 1 is 0.463 bits per heavy atom. The zero-order valence-electron chi connectivity index (χ0n) is 29.0. The molecule has 4 nitrogen and oxygen atoms in total. The van der Waals surface area contributed by atoms with Gasteiger partial charge in [-0.1, -0.05) is 157 Å². The number of rotatable bonds is 4. The summed E-state index contributed by atoms with van der Waals surface area (Å²) in [6, 6.07) is 62.1. The molecule has 1 aromatic heterocycles. The normalized spacial score (nSPS) is 14.6. The van der Waals surface area contributed by atoms with Crippen LogP contribution in [0.3, 0.4) is 0 Å². The summed E-state index contributed by atoms with van der Waals surface area (Å²) in [5.41, 5.74) is 6.34. The highest BCUT2D eigenvalue weighted by molar-refractivity contribution is 6.43. The van der Waals surface area contributed by atoms with Gasteiger partial charge in [-0.3, -0.25) is 0 Å². The van der Waals surface area contributed by atoms with Crippen LogP contribution in [0.1, 0.15) is 22.9 Å². The lowest BCUT2D eigenvalue weighted by Crippen LogP contribution is -2.36. The van der Waals surface area contributed by atoms with Gasteiger partial charge in [0.05, 0.1) is 21.7 Å². The number of hydrogen-bond acceptors (Lipinski definition) is 3. The Morgan fingerprint density at radius 3 is 1.94 bits per heavy atom. The van der Waals surface area contributed by atoms with Crippen LogP contribution in [0, 0.1) is 0 Å². The number of amidine groups is 2. The molecule has 10 aromatic rings. The molecule has 11 rings (SSSR count). The van der Waals surface area contributed by atoms with E-state index < -0.39 is 6.17 Å². The number of aromatic nitrogens is 1. The van der Waals surface area contributed by atoms with Gasteiger partial charge in [-0.25, -0.2) is 9.98 Å². The van der Waals surface area contributed by atoms with Crippen LogP contribution in [-0.4, -0.2) is 16.2 Å². The van der Waals surface area contributed by atoms with E-state index in [4.69, 9.17) is 21.6 Å². The number of nitrogens with zero attached hydrogens (tertiary/aromatic N) is 3. The number of fused-ring (bicyclic) bond motifs is 8. The second kappa shape index (κ2) is 12.2. The molecule has 0 spiro atoms. The van der Waals surface area contributed by atoms with Gasteiger partial charge in [0.2, 0.25) is 0 Å². The molecular formula is C49H31ClN4. The predicted molar refractivity (Wildman–Crippen MR) is 228 cm³/mol. The first-order chi connectivity index (χ1) is 26.7. The Morgan fingerprint density at radius 2 is 1.11 bits per heavy atom. The van der Waals surface area contributed by atoms with E-state index in [1.54, 1.807) is 0 Å². The molecule has 2 heterocycles. The van der Waals surface area contributed by atoms with Gasteiger partial charge in [0.1, 0.15) is 11.7 Å². The number of nitrogens with one attached hydrogen (secondary N) is 1. The van der Waals surface area contributed by atoms with Crippen LogP contribution < -0.4 is 5.32 Å². The first-order valence-corrected chi connectivity index (χ1v) is 18.6. The minimum atomic E-state index is -0.476. The van der Waals surface area contributed by atoms with Crippen molar-refractivity contribution in [2.45, 2.75) is 6.17 Å². The van der Waals surface area contributed by atoms with Gasteiger partial charge < -0.3 is 9.88 Å². The molecule has 0 saturated heterocycles. The van der Waals surface area contributed by atoms with Crippen LogP contribution in [0.15, 0.2) is 186 Å². The van der Waals surface area contributed by atoms with Crippen molar-refractivity contribution in [1.29, 1.82) is 0 Å². The fourth-order valence-electron chi connectivity index (χ4n) is 8.35. The summed E-state index contributed by atoms with van der Waals surface area (Å²) in [5.74, 6) is 1.59. The van der Waals surface area contributed by atoms with Crippen molar-refractivity contribution >= 4 is 88.2 Å². The first kappa shape index (κ1) is 30.8. The van der Waals surface area contributed by atoms with Gasteiger partial charge in [0, 0.05) is 32.7 Å². The summed E-state index contributed by atoms with van der Waals surface area (Å²) in [7, 11) is 0. The second-order valence-corrected chi connectivity index (χ2v) is 14.3. The number of benzene rings is 9. The Bertz CT molecular complexity index is 3210. The molecule has 0 radical (unpaired) electrons. The lowest BCUT2D eigenvalue weighted by atomic mass is 9.96. The van der Waals surface area contributed by atoms with Crippen LogP contribution in [0.2, 0.25) is 5.02 Å². The van der Waals surface area contributed by atoms with Crippen molar-refractivity contribution < 1.29 is 0 Å². The predicted octanol–water partition coefficient (Wildman–Crippen LogP) is 12.5. The van der Waals surface area contributed by atoms with Gasteiger partial charge in [-0.2, -0.15) is 0 Å². The maximum Gasteiger partial charge on any atom is 0.169 e. The Hall–Kier alpha value is -6.75. The average Bonchev–Trinajstić information content (AvgIpc) is 3.57. The van der Waals surface area contributed by atoms with Gasteiger partial charge in [-0.05, 0) is 68.2 Å². The molecule has 0 saturated carbocycles. The van der Waals surface area contributed by atoms with Crippen molar-refractivity contribution in [3.63, 3.8) is 0 Å². The topological polar surface area (TPSA) is 41.7 Å². The van der Waals surface area contributed by atoms with E-state index in [9.17, 15) is 0 Å². The lowest BCUT2D eigenvalue weighted by Gasteiger charge is -2.24. The molecule has 1 unspecified atom stereocenters.